The van der Waals surface area contributed by atoms with E-state index < -0.39 is 9.84 Å². The molecular weight excluding hydrogens is 440 g/mol. The molecule has 0 aromatic carbocycles. The summed E-state index contributed by atoms with van der Waals surface area (Å²) in [4.78, 5) is 15.1. The van der Waals surface area contributed by atoms with Crippen molar-refractivity contribution in [3.63, 3.8) is 0 Å². The van der Waals surface area contributed by atoms with Crippen LogP contribution in [-0.4, -0.2) is 92.9 Å². The Morgan fingerprint density at radius 2 is 1.67 bits per heavy atom. The number of carbonyl (C=O) groups excluding carboxylic acids is 1. The van der Waals surface area contributed by atoms with Crippen molar-refractivity contribution in [2.45, 2.75) is 80.6 Å². The first-order chi connectivity index (χ1) is 16.0. The van der Waals surface area contributed by atoms with Crippen molar-refractivity contribution >= 4 is 15.7 Å². The molecule has 0 spiro atoms. The molecule has 4 unspecified atom stereocenters. The third kappa shape index (κ3) is 5.41. The van der Waals surface area contributed by atoms with E-state index in [0.717, 1.165) is 90.5 Å². The Hall–Kier alpha value is -0.780. The summed E-state index contributed by atoms with van der Waals surface area (Å²) in [5, 5.41) is 11.9. The maximum absolute atomic E-state index is 13.3. The van der Waals surface area contributed by atoms with Crippen LogP contribution in [0.2, 0.25) is 0 Å². The van der Waals surface area contributed by atoms with Gasteiger partial charge in [-0.2, -0.15) is 0 Å². The first-order valence-electron chi connectivity index (χ1n) is 13.2. The van der Waals surface area contributed by atoms with Gasteiger partial charge in [0.05, 0.1) is 28.7 Å². The zero-order chi connectivity index (χ0) is 22.8. The fourth-order valence-electron chi connectivity index (χ4n) is 6.62. The molecule has 1 saturated carbocycles. The summed E-state index contributed by atoms with van der Waals surface area (Å²) < 4.78 is 26.6. The molecule has 4 aliphatic heterocycles. The Balaban J connectivity index is 1.03. The van der Waals surface area contributed by atoms with E-state index in [1.54, 1.807) is 0 Å². The van der Waals surface area contributed by atoms with Crippen LogP contribution in [0.3, 0.4) is 0 Å². The quantitative estimate of drug-likeness (QED) is 0.420. The van der Waals surface area contributed by atoms with Crippen molar-refractivity contribution in [2.75, 3.05) is 45.8 Å². The van der Waals surface area contributed by atoms with Crippen LogP contribution in [0.25, 0.3) is 0 Å². The van der Waals surface area contributed by atoms with Gasteiger partial charge in [0.2, 0.25) is 5.91 Å². The Kier molecular flexibility index (Phi) is 7.58. The van der Waals surface area contributed by atoms with Gasteiger partial charge < -0.3 is 10.6 Å². The Morgan fingerprint density at radius 1 is 0.879 bits per heavy atom. The fraction of sp³-hybridized carbons (Fsp3) is 0.957. The molecule has 1 amide bonds. The predicted molar refractivity (Wildman–Crippen MR) is 128 cm³/mol. The van der Waals surface area contributed by atoms with Crippen LogP contribution in [-0.2, 0) is 14.6 Å². The normalized spacial score (nSPS) is 38.8. The highest BCUT2D eigenvalue weighted by Gasteiger charge is 2.40. The zero-order valence-corrected chi connectivity index (χ0v) is 20.6. The van der Waals surface area contributed by atoms with E-state index >= 15 is 0 Å². The van der Waals surface area contributed by atoms with Crippen molar-refractivity contribution < 1.29 is 13.2 Å². The summed E-state index contributed by atoms with van der Waals surface area (Å²) in [6.07, 6.45) is 8.78. The molecule has 4 heterocycles. The van der Waals surface area contributed by atoms with Crippen LogP contribution < -0.4 is 21.4 Å². The molecule has 4 saturated heterocycles. The van der Waals surface area contributed by atoms with Crippen LogP contribution in [0.1, 0.15) is 57.8 Å². The number of sulfone groups is 1. The topological polar surface area (TPSA) is 106 Å². The van der Waals surface area contributed by atoms with E-state index in [4.69, 9.17) is 0 Å². The van der Waals surface area contributed by atoms with E-state index in [-0.39, 0.29) is 28.5 Å². The first-order valence-corrected chi connectivity index (χ1v) is 14.8. The number of nitrogens with one attached hydrogen (secondary N) is 4. The van der Waals surface area contributed by atoms with Crippen molar-refractivity contribution in [3.05, 3.63) is 0 Å². The highest BCUT2D eigenvalue weighted by Crippen LogP contribution is 2.32. The minimum atomic E-state index is -3.11. The molecule has 4 atom stereocenters. The second kappa shape index (κ2) is 10.5. The molecule has 5 rings (SSSR count). The highest BCUT2D eigenvalue weighted by atomic mass is 32.2. The Labute approximate surface area is 198 Å². The van der Waals surface area contributed by atoms with Gasteiger partial charge >= 0.3 is 0 Å². The number of hydrazine groups is 1. The van der Waals surface area contributed by atoms with Gasteiger partial charge in [0.25, 0.3) is 0 Å². The number of amides is 1. The number of carbonyl (C=O) groups is 1. The monoisotopic (exact) mass is 482 g/mol. The number of fused-ring (bicyclic) bond motifs is 1. The molecule has 0 radical (unpaired) electrons. The molecular formula is C23H42N6O3S. The maximum atomic E-state index is 13.3. The second-order valence-electron chi connectivity index (χ2n) is 10.8. The van der Waals surface area contributed by atoms with Crippen molar-refractivity contribution in [2.24, 2.45) is 11.8 Å². The smallest absolute Gasteiger partial charge is 0.224 e. The minimum absolute atomic E-state index is 0.0938. The van der Waals surface area contributed by atoms with Crippen LogP contribution in [0, 0.1) is 11.8 Å². The van der Waals surface area contributed by atoms with Crippen molar-refractivity contribution in [1.29, 1.82) is 0 Å². The molecule has 10 heteroatoms. The van der Waals surface area contributed by atoms with E-state index in [1.807, 2.05) is 0 Å². The van der Waals surface area contributed by atoms with Crippen molar-refractivity contribution in [3.8, 4) is 0 Å². The zero-order valence-electron chi connectivity index (χ0n) is 19.8. The summed E-state index contributed by atoms with van der Waals surface area (Å²) in [5.74, 6) is 0.682. The molecule has 1 aliphatic carbocycles. The maximum Gasteiger partial charge on any atom is 0.224 e. The second-order valence-corrected chi connectivity index (χ2v) is 13.3. The van der Waals surface area contributed by atoms with E-state index in [1.165, 1.54) is 0 Å². The lowest BCUT2D eigenvalue weighted by Crippen LogP contribution is -2.56. The van der Waals surface area contributed by atoms with Gasteiger partial charge in [0.1, 0.15) is 0 Å². The molecule has 0 bridgehead atoms. The largest absolute Gasteiger partial charge is 0.356 e. The first kappa shape index (κ1) is 23.9. The molecule has 33 heavy (non-hydrogen) atoms. The molecule has 4 N–H and O–H groups in total. The van der Waals surface area contributed by atoms with Gasteiger partial charge in [-0.1, -0.05) is 0 Å². The predicted octanol–water partition coefficient (Wildman–Crippen LogP) is 0.00590. The molecule has 188 valence electrons. The molecule has 5 aliphatic rings. The fourth-order valence-corrected chi connectivity index (χ4v) is 8.88. The number of rotatable bonds is 6. The summed E-state index contributed by atoms with van der Waals surface area (Å²) in [6.45, 7) is 6.23. The lowest BCUT2D eigenvalue weighted by Gasteiger charge is -2.37. The Morgan fingerprint density at radius 3 is 2.39 bits per heavy atom. The summed E-state index contributed by atoms with van der Waals surface area (Å²) in [5.41, 5.74) is 3.38. The molecule has 9 nitrogen and oxygen atoms in total. The highest BCUT2D eigenvalue weighted by molar-refractivity contribution is 7.92. The molecule has 0 aromatic rings. The van der Waals surface area contributed by atoms with Gasteiger partial charge in [-0.25, -0.2) is 13.4 Å². The van der Waals surface area contributed by atoms with Crippen LogP contribution >= 0.6 is 0 Å². The van der Waals surface area contributed by atoms with Gasteiger partial charge in [-0.05, 0) is 63.7 Å². The number of hydrogen-bond donors (Lipinski definition) is 4. The van der Waals surface area contributed by atoms with E-state index in [2.05, 4.69) is 31.3 Å². The number of hydrogen-bond acceptors (Lipinski definition) is 8. The van der Waals surface area contributed by atoms with Gasteiger partial charge in [-0.15, -0.1) is 0 Å². The molecule has 5 fully saturated rings. The number of nitrogens with zero attached hydrogens (tertiary/aromatic N) is 2. The lowest BCUT2D eigenvalue weighted by molar-refractivity contribution is -0.127. The summed E-state index contributed by atoms with van der Waals surface area (Å²) in [6, 6.07) is 0. The van der Waals surface area contributed by atoms with Gasteiger partial charge in [0.15, 0.2) is 9.84 Å². The minimum Gasteiger partial charge on any atom is -0.356 e. The van der Waals surface area contributed by atoms with Crippen LogP contribution in [0.15, 0.2) is 0 Å². The van der Waals surface area contributed by atoms with Crippen LogP contribution in [0.4, 0.5) is 0 Å². The average molecular weight is 483 g/mol. The average Bonchev–Trinajstić information content (AvgIpc) is 3.55. The third-order valence-electron chi connectivity index (χ3n) is 8.73. The van der Waals surface area contributed by atoms with Gasteiger partial charge in [0, 0.05) is 45.8 Å². The van der Waals surface area contributed by atoms with E-state index in [0.29, 0.717) is 25.2 Å². The number of piperidine rings is 2. The SMILES string of the molecule is O=C(NCC1CCC(S(=O)(=O)C2CCC(N3CCCN3)NC2)CC1)C1CCC2NCCN2C1. The summed E-state index contributed by atoms with van der Waals surface area (Å²) >= 11 is 0. The van der Waals surface area contributed by atoms with Crippen molar-refractivity contribution in [1.82, 2.24) is 31.3 Å². The van der Waals surface area contributed by atoms with E-state index in [9.17, 15) is 13.2 Å². The Bertz CT molecular complexity index is 773. The lowest BCUT2D eigenvalue weighted by atomic mass is 9.88. The van der Waals surface area contributed by atoms with Crippen LogP contribution in [0.5, 0.6) is 0 Å². The molecule has 0 aromatic heterocycles. The standard InChI is InChI=1S/C23H42N6O3S/c30-23(18-4-8-21-24-11-13-28(21)16-18)26-14-17-2-5-19(6-3-17)33(31,32)20-7-9-22(25-15-20)29-12-1-10-27-29/h17-22,24-25,27H,1-16H2,(H,26,30). The third-order valence-corrected chi connectivity index (χ3v) is 11.5. The summed E-state index contributed by atoms with van der Waals surface area (Å²) in [7, 11) is -3.11. The van der Waals surface area contributed by atoms with Gasteiger partial charge in [-0.3, -0.25) is 20.4 Å².